The number of carbonyl (C=O) groups excluding carboxylic acids is 2. The van der Waals surface area contributed by atoms with E-state index in [0.29, 0.717) is 28.4 Å². The van der Waals surface area contributed by atoms with Crippen LogP contribution in [-0.2, 0) is 16.0 Å². The summed E-state index contributed by atoms with van der Waals surface area (Å²) < 4.78 is 10.6. The van der Waals surface area contributed by atoms with Gasteiger partial charge in [0.1, 0.15) is 0 Å². The Morgan fingerprint density at radius 2 is 1.44 bits per heavy atom. The first kappa shape index (κ1) is 21.7. The van der Waals surface area contributed by atoms with E-state index in [-0.39, 0.29) is 18.4 Å². The summed E-state index contributed by atoms with van der Waals surface area (Å²) >= 11 is 1.33. The summed E-state index contributed by atoms with van der Waals surface area (Å²) in [5, 5.41) is 0. The Morgan fingerprint density at radius 3 is 2.09 bits per heavy atom. The van der Waals surface area contributed by atoms with Gasteiger partial charge in [0.25, 0.3) is 11.8 Å². The molecule has 2 amide bonds. The number of amides is 2. The van der Waals surface area contributed by atoms with E-state index in [0.717, 1.165) is 16.0 Å². The van der Waals surface area contributed by atoms with Crippen LogP contribution in [0.15, 0.2) is 88.7 Å². The Kier molecular flexibility index (Phi) is 6.61. The minimum atomic E-state index is -0.264. The average molecular weight is 446 g/mol. The van der Waals surface area contributed by atoms with Crippen LogP contribution < -0.4 is 9.47 Å². The number of methoxy groups -OCH3 is 2. The van der Waals surface area contributed by atoms with Crippen LogP contribution in [-0.4, -0.2) is 37.5 Å². The Balaban J connectivity index is 1.60. The lowest BCUT2D eigenvalue weighted by Gasteiger charge is -2.16. The van der Waals surface area contributed by atoms with Crippen molar-refractivity contribution in [3.63, 3.8) is 0 Å². The number of thioether (sulfide) groups is 1. The highest BCUT2D eigenvalue weighted by atomic mass is 32.2. The fourth-order valence-corrected chi connectivity index (χ4v) is 4.63. The van der Waals surface area contributed by atoms with Gasteiger partial charge in [0.05, 0.1) is 24.7 Å². The van der Waals surface area contributed by atoms with E-state index in [1.54, 1.807) is 14.2 Å². The molecule has 0 spiro atoms. The number of hydrogen-bond donors (Lipinski definition) is 0. The van der Waals surface area contributed by atoms with Crippen molar-refractivity contribution in [1.29, 1.82) is 0 Å². The fraction of sp³-hybridized carbons (Fsp3) is 0.154. The predicted molar refractivity (Wildman–Crippen MR) is 126 cm³/mol. The molecule has 0 unspecified atom stereocenters. The molecule has 0 atom stereocenters. The maximum absolute atomic E-state index is 13.4. The highest BCUT2D eigenvalue weighted by Gasteiger charge is 2.39. The summed E-state index contributed by atoms with van der Waals surface area (Å²) in [7, 11) is 3.17. The molecular formula is C26H23NO4S. The SMILES string of the molecule is COc1ccc(CCN2C(=O)C(Sc3ccccc3)=C(c3ccccc3)C2=O)cc1OC. The van der Waals surface area contributed by atoms with Crippen LogP contribution in [0.2, 0.25) is 0 Å². The summed E-state index contributed by atoms with van der Waals surface area (Å²) in [5.41, 5.74) is 2.16. The highest BCUT2D eigenvalue weighted by molar-refractivity contribution is 8.04. The van der Waals surface area contributed by atoms with Crippen molar-refractivity contribution in [2.24, 2.45) is 0 Å². The molecule has 0 saturated carbocycles. The second kappa shape index (κ2) is 9.75. The van der Waals surface area contributed by atoms with Gasteiger partial charge in [-0.3, -0.25) is 14.5 Å². The quantitative estimate of drug-likeness (QED) is 0.466. The smallest absolute Gasteiger partial charge is 0.268 e. The summed E-state index contributed by atoms with van der Waals surface area (Å²) in [5.74, 6) is 0.731. The number of ether oxygens (including phenoxy) is 2. The van der Waals surface area contributed by atoms with Gasteiger partial charge in [-0.05, 0) is 41.8 Å². The van der Waals surface area contributed by atoms with Crippen molar-refractivity contribution in [2.45, 2.75) is 11.3 Å². The van der Waals surface area contributed by atoms with E-state index in [9.17, 15) is 9.59 Å². The average Bonchev–Trinajstić information content (AvgIpc) is 3.07. The Bertz CT molecular complexity index is 1160. The normalized spacial score (nSPS) is 13.6. The van der Waals surface area contributed by atoms with Crippen LogP contribution in [0.4, 0.5) is 0 Å². The standard InChI is InChI=1S/C26H23NO4S/c1-30-21-14-13-18(17-22(21)31-2)15-16-27-25(28)23(19-9-5-3-6-10-19)24(26(27)29)32-20-11-7-4-8-12-20/h3-14,17H,15-16H2,1-2H3. The Morgan fingerprint density at radius 1 is 0.781 bits per heavy atom. The molecule has 0 bridgehead atoms. The lowest BCUT2D eigenvalue weighted by Crippen LogP contribution is -2.33. The van der Waals surface area contributed by atoms with Gasteiger partial charge in [-0.1, -0.05) is 66.4 Å². The first-order valence-corrected chi connectivity index (χ1v) is 11.0. The van der Waals surface area contributed by atoms with E-state index >= 15 is 0 Å². The second-order valence-electron chi connectivity index (χ2n) is 7.19. The van der Waals surface area contributed by atoms with Gasteiger partial charge in [-0.25, -0.2) is 0 Å². The van der Waals surface area contributed by atoms with Gasteiger partial charge in [-0.2, -0.15) is 0 Å². The fourth-order valence-electron chi connectivity index (χ4n) is 3.59. The molecule has 1 aliphatic heterocycles. The zero-order valence-electron chi connectivity index (χ0n) is 17.9. The maximum atomic E-state index is 13.4. The molecule has 1 aliphatic rings. The van der Waals surface area contributed by atoms with Gasteiger partial charge in [0.15, 0.2) is 11.5 Å². The van der Waals surface area contributed by atoms with Gasteiger partial charge in [-0.15, -0.1) is 0 Å². The zero-order chi connectivity index (χ0) is 22.5. The third kappa shape index (κ3) is 4.41. The molecule has 162 valence electrons. The van der Waals surface area contributed by atoms with Crippen molar-refractivity contribution in [1.82, 2.24) is 4.90 Å². The van der Waals surface area contributed by atoms with Crippen molar-refractivity contribution < 1.29 is 19.1 Å². The number of hydrogen-bond acceptors (Lipinski definition) is 5. The molecular weight excluding hydrogens is 422 g/mol. The van der Waals surface area contributed by atoms with Crippen LogP contribution in [0.1, 0.15) is 11.1 Å². The second-order valence-corrected chi connectivity index (χ2v) is 8.27. The molecule has 3 aromatic carbocycles. The van der Waals surface area contributed by atoms with E-state index in [2.05, 4.69) is 0 Å². The minimum Gasteiger partial charge on any atom is -0.493 e. The van der Waals surface area contributed by atoms with Crippen molar-refractivity contribution in [3.05, 3.63) is 94.9 Å². The van der Waals surface area contributed by atoms with Crippen molar-refractivity contribution >= 4 is 29.1 Å². The first-order valence-electron chi connectivity index (χ1n) is 10.2. The summed E-state index contributed by atoms with van der Waals surface area (Å²) in [6.45, 7) is 0.280. The van der Waals surface area contributed by atoms with Crippen molar-refractivity contribution in [2.75, 3.05) is 20.8 Å². The summed E-state index contributed by atoms with van der Waals surface area (Å²) in [4.78, 5) is 29.4. The van der Waals surface area contributed by atoms with Gasteiger partial charge >= 0.3 is 0 Å². The maximum Gasteiger partial charge on any atom is 0.268 e. The Hall–Kier alpha value is -3.51. The molecule has 0 aliphatic carbocycles. The Labute approximate surface area is 191 Å². The van der Waals surface area contributed by atoms with Crippen LogP contribution in [0.25, 0.3) is 5.57 Å². The number of nitrogens with zero attached hydrogens (tertiary/aromatic N) is 1. The van der Waals surface area contributed by atoms with Crippen LogP contribution >= 0.6 is 11.8 Å². The third-order valence-corrected chi connectivity index (χ3v) is 6.31. The molecule has 5 nitrogen and oxygen atoms in total. The molecule has 0 aromatic heterocycles. The predicted octanol–water partition coefficient (Wildman–Crippen LogP) is 4.82. The molecule has 0 saturated heterocycles. The van der Waals surface area contributed by atoms with Gasteiger partial charge in [0.2, 0.25) is 0 Å². The highest BCUT2D eigenvalue weighted by Crippen LogP contribution is 2.39. The molecule has 0 fully saturated rings. The molecule has 3 aromatic rings. The lowest BCUT2D eigenvalue weighted by atomic mass is 10.1. The summed E-state index contributed by atoms with van der Waals surface area (Å²) in [6.07, 6.45) is 0.517. The van der Waals surface area contributed by atoms with Crippen LogP contribution in [0, 0.1) is 0 Å². The number of rotatable bonds is 8. The minimum absolute atomic E-state index is 0.261. The molecule has 1 heterocycles. The van der Waals surface area contributed by atoms with E-state index in [1.807, 2.05) is 78.9 Å². The monoisotopic (exact) mass is 445 g/mol. The molecule has 0 radical (unpaired) electrons. The molecule has 6 heteroatoms. The van der Waals surface area contributed by atoms with E-state index in [1.165, 1.54) is 16.7 Å². The molecule has 0 N–H and O–H groups in total. The van der Waals surface area contributed by atoms with Gasteiger partial charge in [0, 0.05) is 11.4 Å². The van der Waals surface area contributed by atoms with Crippen LogP contribution in [0.3, 0.4) is 0 Å². The lowest BCUT2D eigenvalue weighted by molar-refractivity contribution is -0.136. The molecule has 32 heavy (non-hydrogen) atoms. The van der Waals surface area contributed by atoms with Crippen molar-refractivity contribution in [3.8, 4) is 11.5 Å². The number of imide groups is 1. The number of carbonyl (C=O) groups is 2. The summed E-state index contributed by atoms with van der Waals surface area (Å²) in [6, 6.07) is 24.6. The van der Waals surface area contributed by atoms with E-state index < -0.39 is 0 Å². The zero-order valence-corrected chi connectivity index (χ0v) is 18.7. The van der Waals surface area contributed by atoms with Crippen LogP contribution in [0.5, 0.6) is 11.5 Å². The number of benzene rings is 3. The van der Waals surface area contributed by atoms with Gasteiger partial charge < -0.3 is 9.47 Å². The third-order valence-electron chi connectivity index (χ3n) is 5.22. The first-order chi connectivity index (χ1) is 15.6. The van der Waals surface area contributed by atoms with E-state index in [4.69, 9.17) is 9.47 Å². The topological polar surface area (TPSA) is 55.8 Å². The largest absolute Gasteiger partial charge is 0.493 e. The molecule has 4 rings (SSSR count).